The fourth-order valence-corrected chi connectivity index (χ4v) is 2.34. The van der Waals surface area contributed by atoms with Crippen LogP contribution in [-0.2, 0) is 6.42 Å². The minimum Gasteiger partial charge on any atom is -0.317 e. The summed E-state index contributed by atoms with van der Waals surface area (Å²) in [6.07, 6.45) is 5.83. The second kappa shape index (κ2) is 6.48. The maximum atomic E-state index is 4.65. The molecule has 2 rings (SSSR count). The summed E-state index contributed by atoms with van der Waals surface area (Å²) < 4.78 is 2.01. The van der Waals surface area contributed by atoms with Gasteiger partial charge in [-0.05, 0) is 57.5 Å². The van der Waals surface area contributed by atoms with Gasteiger partial charge in [-0.3, -0.25) is 4.98 Å². The Balaban J connectivity index is 2.16. The lowest BCUT2D eigenvalue weighted by molar-refractivity contribution is 0.670. The second-order valence-electron chi connectivity index (χ2n) is 4.72. The summed E-state index contributed by atoms with van der Waals surface area (Å²) in [5.41, 5.74) is 4.81. The molecule has 0 fully saturated rings. The summed E-state index contributed by atoms with van der Waals surface area (Å²) in [5, 5.41) is 8.01. The third-order valence-corrected chi connectivity index (χ3v) is 3.38. The van der Waals surface area contributed by atoms with E-state index in [1.807, 2.05) is 16.8 Å². The molecule has 0 spiro atoms. The lowest BCUT2D eigenvalue weighted by Gasteiger charge is -2.05. The average molecular weight is 258 g/mol. The van der Waals surface area contributed by atoms with Crippen LogP contribution in [0, 0.1) is 13.8 Å². The van der Waals surface area contributed by atoms with Gasteiger partial charge in [0.2, 0.25) is 0 Å². The molecular weight excluding hydrogens is 236 g/mol. The Morgan fingerprint density at radius 3 is 2.63 bits per heavy atom. The minimum absolute atomic E-state index is 1.04. The van der Waals surface area contributed by atoms with Crippen molar-refractivity contribution in [2.75, 3.05) is 13.1 Å². The third kappa shape index (κ3) is 3.20. The van der Waals surface area contributed by atoms with Crippen LogP contribution < -0.4 is 5.32 Å². The molecule has 0 atom stereocenters. The molecule has 0 saturated carbocycles. The van der Waals surface area contributed by atoms with Crippen LogP contribution >= 0.6 is 0 Å². The predicted molar refractivity (Wildman–Crippen MR) is 77.7 cm³/mol. The first-order valence-corrected chi connectivity index (χ1v) is 6.90. The van der Waals surface area contributed by atoms with Crippen LogP contribution in [0.25, 0.3) is 5.69 Å². The van der Waals surface area contributed by atoms with Crippen LogP contribution in [0.3, 0.4) is 0 Å². The van der Waals surface area contributed by atoms with Crippen LogP contribution in [0.5, 0.6) is 0 Å². The maximum Gasteiger partial charge on any atom is 0.0679 e. The van der Waals surface area contributed by atoms with Gasteiger partial charge >= 0.3 is 0 Å². The number of rotatable bonds is 6. The van der Waals surface area contributed by atoms with Crippen molar-refractivity contribution in [3.8, 4) is 5.69 Å². The van der Waals surface area contributed by atoms with Crippen molar-refractivity contribution in [2.24, 2.45) is 0 Å². The standard InChI is InChI=1S/C15H22N4/c1-4-16-9-5-6-15-12(2)18-19(13(15)3)14-7-10-17-11-8-14/h7-8,10-11,16H,4-6,9H2,1-3H3. The first kappa shape index (κ1) is 13.7. The van der Waals surface area contributed by atoms with E-state index in [9.17, 15) is 0 Å². The molecule has 19 heavy (non-hydrogen) atoms. The molecule has 4 heteroatoms. The number of nitrogens with one attached hydrogen (secondary N) is 1. The van der Waals surface area contributed by atoms with Gasteiger partial charge in [-0.1, -0.05) is 6.92 Å². The van der Waals surface area contributed by atoms with E-state index in [1.165, 1.54) is 11.3 Å². The Kier molecular flexibility index (Phi) is 4.68. The lowest BCUT2D eigenvalue weighted by Crippen LogP contribution is -2.14. The number of aromatic nitrogens is 3. The Labute approximate surface area is 114 Å². The smallest absolute Gasteiger partial charge is 0.0679 e. The van der Waals surface area contributed by atoms with E-state index in [1.54, 1.807) is 12.4 Å². The molecule has 0 radical (unpaired) electrons. The van der Waals surface area contributed by atoms with Crippen LogP contribution in [0.15, 0.2) is 24.5 Å². The Morgan fingerprint density at radius 2 is 1.95 bits per heavy atom. The lowest BCUT2D eigenvalue weighted by atomic mass is 10.1. The van der Waals surface area contributed by atoms with E-state index >= 15 is 0 Å². The number of nitrogens with zero attached hydrogens (tertiary/aromatic N) is 3. The quantitative estimate of drug-likeness (QED) is 0.809. The summed E-state index contributed by atoms with van der Waals surface area (Å²) in [6.45, 7) is 8.47. The summed E-state index contributed by atoms with van der Waals surface area (Å²) in [4.78, 5) is 4.05. The predicted octanol–water partition coefficient (Wildman–Crippen LogP) is 2.43. The highest BCUT2D eigenvalue weighted by Gasteiger charge is 2.11. The highest BCUT2D eigenvalue weighted by molar-refractivity contribution is 5.35. The van der Waals surface area contributed by atoms with E-state index in [4.69, 9.17) is 0 Å². The maximum absolute atomic E-state index is 4.65. The molecule has 0 unspecified atom stereocenters. The Bertz CT molecular complexity index is 516. The summed E-state index contributed by atoms with van der Waals surface area (Å²) in [6, 6.07) is 3.98. The van der Waals surface area contributed by atoms with E-state index in [2.05, 4.69) is 36.2 Å². The highest BCUT2D eigenvalue weighted by Crippen LogP contribution is 2.18. The largest absolute Gasteiger partial charge is 0.317 e. The van der Waals surface area contributed by atoms with Crippen molar-refractivity contribution < 1.29 is 0 Å². The zero-order valence-corrected chi connectivity index (χ0v) is 12.0. The normalized spacial score (nSPS) is 10.9. The van der Waals surface area contributed by atoms with Gasteiger partial charge in [-0.25, -0.2) is 4.68 Å². The molecular formula is C15H22N4. The van der Waals surface area contributed by atoms with Crippen molar-refractivity contribution in [1.29, 1.82) is 0 Å². The highest BCUT2D eigenvalue weighted by atomic mass is 15.3. The molecule has 2 aromatic heterocycles. The number of hydrogen-bond acceptors (Lipinski definition) is 3. The average Bonchev–Trinajstić information content (AvgIpc) is 2.72. The zero-order chi connectivity index (χ0) is 13.7. The topological polar surface area (TPSA) is 42.7 Å². The van der Waals surface area contributed by atoms with Crippen LogP contribution in [0.4, 0.5) is 0 Å². The molecule has 0 aliphatic heterocycles. The molecule has 2 heterocycles. The van der Waals surface area contributed by atoms with Gasteiger partial charge in [-0.15, -0.1) is 0 Å². The van der Waals surface area contributed by atoms with Gasteiger partial charge < -0.3 is 5.32 Å². The van der Waals surface area contributed by atoms with E-state index in [-0.39, 0.29) is 0 Å². The van der Waals surface area contributed by atoms with Gasteiger partial charge in [0.1, 0.15) is 0 Å². The molecule has 2 aromatic rings. The van der Waals surface area contributed by atoms with Crippen LogP contribution in [-0.4, -0.2) is 27.9 Å². The molecule has 0 aromatic carbocycles. The molecule has 1 N–H and O–H groups in total. The number of hydrogen-bond donors (Lipinski definition) is 1. The molecule has 0 aliphatic carbocycles. The number of aryl methyl sites for hydroxylation is 1. The monoisotopic (exact) mass is 258 g/mol. The van der Waals surface area contributed by atoms with E-state index in [0.717, 1.165) is 37.3 Å². The van der Waals surface area contributed by atoms with Gasteiger partial charge in [-0.2, -0.15) is 5.10 Å². The first-order valence-electron chi connectivity index (χ1n) is 6.90. The fourth-order valence-electron chi connectivity index (χ4n) is 2.34. The van der Waals surface area contributed by atoms with Crippen molar-refractivity contribution in [1.82, 2.24) is 20.1 Å². The molecule has 0 saturated heterocycles. The Morgan fingerprint density at radius 1 is 1.21 bits per heavy atom. The van der Waals surface area contributed by atoms with Crippen LogP contribution in [0.2, 0.25) is 0 Å². The minimum atomic E-state index is 1.04. The summed E-state index contributed by atoms with van der Waals surface area (Å²) in [5.74, 6) is 0. The SMILES string of the molecule is CCNCCCc1c(C)nn(-c2ccncc2)c1C. The molecule has 0 bridgehead atoms. The molecule has 0 aliphatic rings. The van der Waals surface area contributed by atoms with E-state index in [0.29, 0.717) is 0 Å². The van der Waals surface area contributed by atoms with Gasteiger partial charge in [0.15, 0.2) is 0 Å². The fraction of sp³-hybridized carbons (Fsp3) is 0.467. The first-order chi connectivity index (χ1) is 9.24. The number of pyridine rings is 1. The molecule has 4 nitrogen and oxygen atoms in total. The molecule has 0 amide bonds. The van der Waals surface area contributed by atoms with Crippen LogP contribution in [0.1, 0.15) is 30.3 Å². The van der Waals surface area contributed by atoms with Gasteiger partial charge in [0.05, 0.1) is 11.4 Å². The second-order valence-corrected chi connectivity index (χ2v) is 4.72. The van der Waals surface area contributed by atoms with E-state index < -0.39 is 0 Å². The molecule has 102 valence electrons. The van der Waals surface area contributed by atoms with Crippen molar-refractivity contribution in [3.05, 3.63) is 41.5 Å². The van der Waals surface area contributed by atoms with Gasteiger partial charge in [0, 0.05) is 18.1 Å². The van der Waals surface area contributed by atoms with Crippen molar-refractivity contribution >= 4 is 0 Å². The van der Waals surface area contributed by atoms with Crippen molar-refractivity contribution in [3.63, 3.8) is 0 Å². The zero-order valence-electron chi connectivity index (χ0n) is 12.0. The third-order valence-electron chi connectivity index (χ3n) is 3.38. The summed E-state index contributed by atoms with van der Waals surface area (Å²) in [7, 11) is 0. The van der Waals surface area contributed by atoms with Crippen molar-refractivity contribution in [2.45, 2.75) is 33.6 Å². The van der Waals surface area contributed by atoms with Gasteiger partial charge in [0.25, 0.3) is 0 Å². The summed E-state index contributed by atoms with van der Waals surface area (Å²) >= 11 is 0. The Hall–Kier alpha value is -1.68.